The number of para-hydroxylation sites is 2. The molecule has 0 saturated heterocycles. The first-order valence-corrected chi connectivity index (χ1v) is 12.3. The number of hydrogen-bond donors (Lipinski definition) is 8. The van der Waals surface area contributed by atoms with Crippen molar-refractivity contribution in [1.82, 2.24) is 0 Å². The number of rotatable bonds is 10. The SMILES string of the molecule is NC(N)=NCC(O)COc1ccccc1Cl.NC(N)=NCC(O)COc1ccccc1Cl.O=S(=O)(O)O. The molecule has 12 N–H and O–H groups in total. The second kappa shape index (κ2) is 18.2. The van der Waals surface area contributed by atoms with Gasteiger partial charge >= 0.3 is 10.4 Å². The minimum absolute atomic E-state index is 0.0585. The first-order chi connectivity index (χ1) is 17.2. The Morgan fingerprint density at radius 2 is 1.05 bits per heavy atom. The summed E-state index contributed by atoms with van der Waals surface area (Å²) < 4.78 is 42.2. The first-order valence-electron chi connectivity index (χ1n) is 10.1. The second-order valence-corrected chi connectivity index (χ2v) is 8.48. The lowest BCUT2D eigenvalue weighted by molar-refractivity contribution is 0.114. The fraction of sp³-hybridized carbons (Fsp3) is 0.300. The monoisotopic (exact) mass is 584 g/mol. The van der Waals surface area contributed by atoms with Gasteiger partial charge in [0.25, 0.3) is 0 Å². The van der Waals surface area contributed by atoms with Gasteiger partial charge in [-0.15, -0.1) is 0 Å². The van der Waals surface area contributed by atoms with E-state index in [-0.39, 0.29) is 38.2 Å². The van der Waals surface area contributed by atoms with Crippen LogP contribution in [-0.4, -0.2) is 78.2 Å². The van der Waals surface area contributed by atoms with Crippen LogP contribution in [-0.2, 0) is 10.4 Å². The molecule has 2 rings (SSSR count). The van der Waals surface area contributed by atoms with Gasteiger partial charge in [-0.05, 0) is 24.3 Å². The highest BCUT2D eigenvalue weighted by atomic mass is 35.5. The van der Waals surface area contributed by atoms with Gasteiger partial charge in [0.05, 0.1) is 23.1 Å². The highest BCUT2D eigenvalue weighted by Crippen LogP contribution is 2.23. The molecule has 0 aromatic heterocycles. The third kappa shape index (κ3) is 20.8. The van der Waals surface area contributed by atoms with Gasteiger partial charge in [-0.25, -0.2) is 0 Å². The zero-order valence-corrected chi connectivity index (χ0v) is 21.7. The molecule has 0 amide bonds. The van der Waals surface area contributed by atoms with Gasteiger partial charge in [0, 0.05) is 0 Å². The quantitative estimate of drug-likeness (QED) is 0.104. The minimum Gasteiger partial charge on any atom is -0.489 e. The van der Waals surface area contributed by atoms with Crippen LogP contribution in [0.3, 0.4) is 0 Å². The zero-order chi connectivity index (χ0) is 28.4. The Morgan fingerprint density at radius 3 is 1.32 bits per heavy atom. The highest BCUT2D eigenvalue weighted by Gasteiger charge is 2.07. The molecule has 0 aliphatic heterocycles. The molecule has 0 aliphatic carbocycles. The molecule has 0 fully saturated rings. The van der Waals surface area contributed by atoms with Gasteiger partial charge in [-0.2, -0.15) is 8.42 Å². The molecule has 0 radical (unpaired) electrons. The van der Waals surface area contributed by atoms with E-state index in [0.717, 1.165) is 0 Å². The van der Waals surface area contributed by atoms with E-state index in [9.17, 15) is 10.2 Å². The molecule has 0 bridgehead atoms. The second-order valence-electron chi connectivity index (χ2n) is 6.77. The van der Waals surface area contributed by atoms with Crippen LogP contribution < -0.4 is 32.4 Å². The van der Waals surface area contributed by atoms with E-state index in [1.165, 1.54) is 0 Å². The molecule has 2 aromatic carbocycles. The van der Waals surface area contributed by atoms with Gasteiger partial charge in [0.15, 0.2) is 11.9 Å². The van der Waals surface area contributed by atoms with E-state index in [4.69, 9.17) is 73.1 Å². The Bertz CT molecular complexity index is 1020. The summed E-state index contributed by atoms with van der Waals surface area (Å²) in [5.41, 5.74) is 20.5. The number of aliphatic imine (C=N–C) groups is 2. The molecule has 2 aromatic rings. The first kappa shape index (κ1) is 34.0. The standard InChI is InChI=1S/2C10H14ClN3O2.H2O4S/c2*11-8-3-1-2-4-9(8)16-6-7(15)5-14-10(12)13;1-5(2,3)4/h2*1-4,7,15H,5-6H2,(H4,12,13,14);(H2,1,2,3,4). The predicted molar refractivity (Wildman–Crippen MR) is 141 cm³/mol. The summed E-state index contributed by atoms with van der Waals surface area (Å²) in [5, 5.41) is 19.9. The summed E-state index contributed by atoms with van der Waals surface area (Å²) in [6, 6.07) is 14.0. The Morgan fingerprint density at radius 1 is 0.757 bits per heavy atom. The van der Waals surface area contributed by atoms with Gasteiger partial charge < -0.3 is 42.6 Å². The Kier molecular flexibility index (Phi) is 16.7. The average molecular weight is 585 g/mol. The van der Waals surface area contributed by atoms with E-state index >= 15 is 0 Å². The molecule has 2 atom stereocenters. The van der Waals surface area contributed by atoms with Crippen molar-refractivity contribution in [1.29, 1.82) is 0 Å². The van der Waals surface area contributed by atoms with Gasteiger partial charge in [0.2, 0.25) is 0 Å². The molecule has 0 aliphatic rings. The lowest BCUT2D eigenvalue weighted by atomic mass is 10.3. The van der Waals surface area contributed by atoms with Crippen molar-refractivity contribution in [3.8, 4) is 11.5 Å². The summed E-state index contributed by atoms with van der Waals surface area (Å²) in [4.78, 5) is 7.34. The number of nitrogens with zero attached hydrogens (tertiary/aromatic N) is 2. The van der Waals surface area contributed by atoms with Crippen LogP contribution in [0.5, 0.6) is 11.5 Å². The number of benzene rings is 2. The summed E-state index contributed by atoms with van der Waals surface area (Å²) in [7, 11) is -4.67. The van der Waals surface area contributed by atoms with Crippen molar-refractivity contribution in [2.45, 2.75) is 12.2 Å². The number of halogens is 2. The van der Waals surface area contributed by atoms with Crippen molar-refractivity contribution >= 4 is 45.5 Å². The van der Waals surface area contributed by atoms with Crippen molar-refractivity contribution in [2.75, 3.05) is 26.3 Å². The molecular weight excluding hydrogens is 555 g/mol. The van der Waals surface area contributed by atoms with Crippen LogP contribution in [0.4, 0.5) is 0 Å². The normalized spacial score (nSPS) is 11.8. The van der Waals surface area contributed by atoms with Gasteiger partial charge in [-0.1, -0.05) is 47.5 Å². The highest BCUT2D eigenvalue weighted by molar-refractivity contribution is 7.79. The van der Waals surface area contributed by atoms with Crippen molar-refractivity contribution < 1.29 is 37.2 Å². The molecular formula is C20H30Cl2N6O8S. The smallest absolute Gasteiger partial charge is 0.394 e. The molecule has 17 heteroatoms. The number of aliphatic hydroxyl groups excluding tert-OH is 2. The third-order valence-electron chi connectivity index (χ3n) is 3.50. The topological polar surface area (TPSA) is 262 Å². The van der Waals surface area contributed by atoms with Crippen LogP contribution >= 0.6 is 23.2 Å². The number of nitrogens with two attached hydrogens (primary N) is 4. The van der Waals surface area contributed by atoms with Crippen LogP contribution in [0.1, 0.15) is 0 Å². The number of hydrogen-bond acceptors (Lipinski definition) is 8. The summed E-state index contributed by atoms with van der Waals surface area (Å²) in [5.74, 6) is 0.925. The lowest BCUT2D eigenvalue weighted by Crippen LogP contribution is -2.27. The van der Waals surface area contributed by atoms with Gasteiger partial charge in [0.1, 0.15) is 36.9 Å². The number of aliphatic hydroxyl groups is 2. The predicted octanol–water partition coefficient (Wildman–Crippen LogP) is 0.0534. The average Bonchev–Trinajstić information content (AvgIpc) is 2.79. The number of ether oxygens (including phenoxy) is 2. The minimum atomic E-state index is -4.67. The van der Waals surface area contributed by atoms with Crippen molar-refractivity contribution in [3.05, 3.63) is 58.6 Å². The molecule has 0 spiro atoms. The molecule has 2 unspecified atom stereocenters. The largest absolute Gasteiger partial charge is 0.489 e. The summed E-state index contributed by atoms with van der Waals surface area (Å²) in [6.45, 7) is 0.376. The zero-order valence-electron chi connectivity index (χ0n) is 19.4. The fourth-order valence-corrected chi connectivity index (χ4v) is 2.40. The fourth-order valence-electron chi connectivity index (χ4n) is 2.02. The molecule has 37 heavy (non-hydrogen) atoms. The summed E-state index contributed by atoms with van der Waals surface area (Å²) in [6.07, 6.45) is -1.53. The Hall–Kier alpha value is -3.05. The van der Waals surface area contributed by atoms with Crippen LogP contribution in [0, 0.1) is 0 Å². The lowest BCUT2D eigenvalue weighted by Gasteiger charge is -2.11. The molecule has 14 nitrogen and oxygen atoms in total. The van der Waals surface area contributed by atoms with E-state index in [1.54, 1.807) is 48.5 Å². The van der Waals surface area contributed by atoms with Crippen LogP contribution in [0.25, 0.3) is 0 Å². The van der Waals surface area contributed by atoms with Crippen LogP contribution in [0.2, 0.25) is 10.0 Å². The Balaban J connectivity index is 0.000000594. The summed E-state index contributed by atoms with van der Waals surface area (Å²) >= 11 is 11.7. The van der Waals surface area contributed by atoms with E-state index < -0.39 is 22.6 Å². The van der Waals surface area contributed by atoms with E-state index in [0.29, 0.717) is 21.5 Å². The maximum absolute atomic E-state index is 9.46. The maximum Gasteiger partial charge on any atom is 0.394 e. The third-order valence-corrected chi connectivity index (χ3v) is 4.13. The maximum atomic E-state index is 9.46. The Labute approximate surface area is 224 Å². The number of guanidine groups is 2. The van der Waals surface area contributed by atoms with E-state index in [2.05, 4.69) is 9.98 Å². The molecule has 208 valence electrons. The van der Waals surface area contributed by atoms with E-state index in [1.807, 2.05) is 0 Å². The molecule has 0 saturated carbocycles. The van der Waals surface area contributed by atoms with Crippen LogP contribution in [0.15, 0.2) is 58.5 Å². The van der Waals surface area contributed by atoms with Crippen molar-refractivity contribution in [2.24, 2.45) is 32.9 Å². The molecule has 0 heterocycles. The van der Waals surface area contributed by atoms with Gasteiger partial charge in [-0.3, -0.25) is 19.1 Å². The van der Waals surface area contributed by atoms with Crippen molar-refractivity contribution in [3.63, 3.8) is 0 Å².